The van der Waals surface area contributed by atoms with Crippen LogP contribution in [-0.2, 0) is 24.4 Å². The minimum absolute atomic E-state index is 0.104. The lowest BCUT2D eigenvalue weighted by Crippen LogP contribution is -2.17. The Labute approximate surface area is 206 Å². The van der Waals surface area contributed by atoms with Crippen molar-refractivity contribution in [2.75, 3.05) is 24.4 Å². The van der Waals surface area contributed by atoms with E-state index in [-0.39, 0.29) is 23.3 Å². The quantitative estimate of drug-likeness (QED) is 0.260. The van der Waals surface area contributed by atoms with Crippen molar-refractivity contribution < 1.29 is 27.3 Å². The number of anilines is 2. The number of hydrogen-bond donors (Lipinski definition) is 3. The van der Waals surface area contributed by atoms with Crippen LogP contribution in [0.5, 0.6) is 0 Å². The van der Waals surface area contributed by atoms with E-state index in [0.717, 1.165) is 0 Å². The maximum absolute atomic E-state index is 11.7. The highest BCUT2D eigenvalue weighted by Gasteiger charge is 2.09. The SMILES string of the molecule is COCC(=O)Nc1ccc(N=Nc2ccc(N=Nc3ccc(S(=O)(=O)O)cc3)cc2)c(NC(C)=O)c1. The molecule has 0 heterocycles. The Kier molecular flexibility index (Phi) is 8.67. The van der Waals surface area contributed by atoms with Gasteiger partial charge in [-0.1, -0.05) is 0 Å². The second kappa shape index (κ2) is 11.9. The molecule has 0 saturated carbocycles. The van der Waals surface area contributed by atoms with Crippen molar-refractivity contribution in [1.82, 2.24) is 0 Å². The molecule has 0 fully saturated rings. The van der Waals surface area contributed by atoms with E-state index in [1.54, 1.807) is 42.5 Å². The molecule has 0 atom stereocenters. The van der Waals surface area contributed by atoms with E-state index in [9.17, 15) is 18.0 Å². The van der Waals surface area contributed by atoms with Crippen LogP contribution in [0.1, 0.15) is 6.92 Å². The number of carbonyl (C=O) groups excluding carboxylic acids is 2. The first-order chi connectivity index (χ1) is 17.1. The zero-order valence-electron chi connectivity index (χ0n) is 19.2. The smallest absolute Gasteiger partial charge is 0.294 e. The Morgan fingerprint density at radius 2 is 1.36 bits per heavy atom. The lowest BCUT2D eigenvalue weighted by Gasteiger charge is -2.10. The topological polar surface area (TPSA) is 171 Å². The normalized spacial score (nSPS) is 11.6. The van der Waals surface area contributed by atoms with Crippen molar-refractivity contribution in [3.8, 4) is 0 Å². The fourth-order valence-electron chi connectivity index (χ4n) is 2.82. The minimum Gasteiger partial charge on any atom is -0.375 e. The van der Waals surface area contributed by atoms with Crippen LogP contribution in [0.3, 0.4) is 0 Å². The van der Waals surface area contributed by atoms with Crippen LogP contribution in [0.2, 0.25) is 0 Å². The molecule has 3 rings (SSSR count). The summed E-state index contributed by atoms with van der Waals surface area (Å²) in [6.45, 7) is 1.25. The van der Waals surface area contributed by atoms with Crippen molar-refractivity contribution in [3.05, 3.63) is 66.7 Å². The van der Waals surface area contributed by atoms with E-state index in [4.69, 9.17) is 9.29 Å². The van der Waals surface area contributed by atoms with Gasteiger partial charge in [0.2, 0.25) is 11.8 Å². The average molecular weight is 511 g/mol. The summed E-state index contributed by atoms with van der Waals surface area (Å²) in [6.07, 6.45) is 0. The van der Waals surface area contributed by atoms with Gasteiger partial charge in [0.25, 0.3) is 10.1 Å². The van der Waals surface area contributed by atoms with E-state index in [1.807, 2.05) is 0 Å². The maximum atomic E-state index is 11.7. The number of methoxy groups -OCH3 is 1. The summed E-state index contributed by atoms with van der Waals surface area (Å²) in [5, 5.41) is 21.8. The van der Waals surface area contributed by atoms with Crippen molar-refractivity contribution in [3.63, 3.8) is 0 Å². The van der Waals surface area contributed by atoms with Gasteiger partial charge in [0, 0.05) is 19.7 Å². The zero-order chi connectivity index (χ0) is 26.1. The van der Waals surface area contributed by atoms with Gasteiger partial charge in [0.1, 0.15) is 12.3 Å². The van der Waals surface area contributed by atoms with Crippen LogP contribution in [0.4, 0.5) is 34.1 Å². The molecule has 0 aliphatic carbocycles. The summed E-state index contributed by atoms with van der Waals surface area (Å²) < 4.78 is 36.0. The highest BCUT2D eigenvalue weighted by atomic mass is 32.2. The Morgan fingerprint density at radius 3 is 1.86 bits per heavy atom. The van der Waals surface area contributed by atoms with Crippen LogP contribution in [0, 0.1) is 0 Å². The fraction of sp³-hybridized carbons (Fsp3) is 0.130. The molecule has 3 aromatic carbocycles. The number of nitrogens with one attached hydrogen (secondary N) is 2. The third kappa shape index (κ3) is 7.87. The fourth-order valence-corrected chi connectivity index (χ4v) is 3.30. The van der Waals surface area contributed by atoms with Gasteiger partial charge in [0.05, 0.1) is 27.6 Å². The molecule has 0 radical (unpaired) electrons. The molecule has 0 saturated heterocycles. The van der Waals surface area contributed by atoms with Crippen LogP contribution in [0.25, 0.3) is 0 Å². The second-order valence-corrected chi connectivity index (χ2v) is 8.70. The summed E-state index contributed by atoms with van der Waals surface area (Å²) in [6, 6.07) is 16.7. The van der Waals surface area contributed by atoms with Gasteiger partial charge >= 0.3 is 0 Å². The van der Waals surface area contributed by atoms with Crippen LogP contribution >= 0.6 is 0 Å². The van der Waals surface area contributed by atoms with E-state index in [1.165, 1.54) is 38.3 Å². The van der Waals surface area contributed by atoms with Crippen molar-refractivity contribution in [2.45, 2.75) is 11.8 Å². The van der Waals surface area contributed by atoms with Crippen molar-refractivity contribution in [1.29, 1.82) is 0 Å². The van der Waals surface area contributed by atoms with E-state index in [0.29, 0.717) is 34.1 Å². The first-order valence-corrected chi connectivity index (χ1v) is 11.8. The molecular weight excluding hydrogens is 488 g/mol. The summed E-state index contributed by atoms with van der Waals surface area (Å²) in [5.74, 6) is -0.651. The van der Waals surface area contributed by atoms with Crippen LogP contribution in [-0.4, -0.2) is 38.5 Å². The third-order valence-electron chi connectivity index (χ3n) is 4.40. The molecule has 2 amide bonds. The highest BCUT2D eigenvalue weighted by Crippen LogP contribution is 2.31. The molecule has 0 bridgehead atoms. The van der Waals surface area contributed by atoms with Crippen molar-refractivity contribution in [2.24, 2.45) is 20.5 Å². The number of rotatable bonds is 9. The minimum atomic E-state index is -4.27. The molecule has 0 aromatic heterocycles. The van der Waals surface area contributed by atoms with Crippen LogP contribution in [0.15, 0.2) is 92.1 Å². The van der Waals surface area contributed by atoms with Gasteiger partial charge < -0.3 is 15.4 Å². The largest absolute Gasteiger partial charge is 0.375 e. The summed E-state index contributed by atoms with van der Waals surface area (Å²) in [5.41, 5.74) is 2.64. The highest BCUT2D eigenvalue weighted by molar-refractivity contribution is 7.85. The summed E-state index contributed by atoms with van der Waals surface area (Å²) in [4.78, 5) is 23.1. The second-order valence-electron chi connectivity index (χ2n) is 7.28. The third-order valence-corrected chi connectivity index (χ3v) is 5.27. The molecule has 3 N–H and O–H groups in total. The molecule has 0 unspecified atom stereocenters. The van der Waals surface area contributed by atoms with Gasteiger partial charge in [0.15, 0.2) is 0 Å². The molecule has 12 nitrogen and oxygen atoms in total. The zero-order valence-corrected chi connectivity index (χ0v) is 20.1. The van der Waals surface area contributed by atoms with Gasteiger partial charge in [-0.2, -0.15) is 23.8 Å². The van der Waals surface area contributed by atoms with E-state index >= 15 is 0 Å². The summed E-state index contributed by atoms with van der Waals surface area (Å²) >= 11 is 0. The number of nitrogens with zero attached hydrogens (tertiary/aromatic N) is 4. The molecule has 36 heavy (non-hydrogen) atoms. The van der Waals surface area contributed by atoms with Crippen LogP contribution < -0.4 is 10.6 Å². The monoisotopic (exact) mass is 510 g/mol. The molecule has 13 heteroatoms. The Balaban J connectivity index is 1.71. The number of amides is 2. The van der Waals surface area contributed by atoms with E-state index in [2.05, 4.69) is 31.1 Å². The Morgan fingerprint density at radius 1 is 0.833 bits per heavy atom. The number of hydrogen-bond acceptors (Lipinski definition) is 9. The van der Waals surface area contributed by atoms with Gasteiger partial charge in [-0.3, -0.25) is 14.1 Å². The molecule has 3 aromatic rings. The lowest BCUT2D eigenvalue weighted by molar-refractivity contribution is -0.119. The van der Waals surface area contributed by atoms with Gasteiger partial charge in [-0.05, 0) is 66.7 Å². The van der Waals surface area contributed by atoms with Crippen molar-refractivity contribution >= 4 is 56.1 Å². The Bertz CT molecular complexity index is 1400. The molecule has 0 aliphatic heterocycles. The molecule has 0 aliphatic rings. The average Bonchev–Trinajstić information content (AvgIpc) is 2.82. The summed E-state index contributed by atoms with van der Waals surface area (Å²) in [7, 11) is -2.86. The Hall–Kier alpha value is -4.33. The van der Waals surface area contributed by atoms with Gasteiger partial charge in [-0.25, -0.2) is 0 Å². The number of carbonyl (C=O) groups is 2. The number of azo groups is 2. The predicted molar refractivity (Wildman–Crippen MR) is 132 cm³/mol. The lowest BCUT2D eigenvalue weighted by atomic mass is 10.2. The first kappa shape index (κ1) is 26.3. The first-order valence-electron chi connectivity index (χ1n) is 10.4. The van der Waals surface area contributed by atoms with E-state index < -0.39 is 10.1 Å². The molecule has 0 spiro atoms. The molecular formula is C23H22N6O6S. The predicted octanol–water partition coefficient (Wildman–Crippen LogP) is 5.31. The number of benzene rings is 3. The maximum Gasteiger partial charge on any atom is 0.294 e. The molecule has 186 valence electrons. The standard InChI is InChI=1S/C23H22N6O6S/c1-15(30)24-22-13-19(25-23(31)14-35-2)9-12-21(22)29-28-17-5-3-16(4-6-17)26-27-18-7-10-20(11-8-18)36(32,33)34/h3-13H,14H2,1-2H3,(H,24,30)(H,25,31)(H,32,33,34). The van der Waals surface area contributed by atoms with Gasteiger partial charge in [-0.15, -0.1) is 5.11 Å². The number of ether oxygens (including phenoxy) is 1.